The van der Waals surface area contributed by atoms with Gasteiger partial charge in [0.15, 0.2) is 0 Å². The van der Waals surface area contributed by atoms with E-state index in [1.54, 1.807) is 22.1 Å². The number of nitrogens with zero attached hydrogens (tertiary/aromatic N) is 2. The van der Waals surface area contributed by atoms with Gasteiger partial charge in [-0.15, -0.1) is 0 Å². The number of furan rings is 1. The second-order valence-corrected chi connectivity index (χ2v) is 6.12. The van der Waals surface area contributed by atoms with Crippen LogP contribution in [0, 0.1) is 12.8 Å². The monoisotopic (exact) mass is 326 g/mol. The molecular weight excluding hydrogens is 304 g/mol. The van der Waals surface area contributed by atoms with E-state index in [0.717, 1.165) is 17.0 Å². The van der Waals surface area contributed by atoms with Crippen LogP contribution in [-0.4, -0.2) is 29.8 Å². The first-order valence-electron chi connectivity index (χ1n) is 8.27. The number of rotatable bonds is 5. The number of anilines is 1. The van der Waals surface area contributed by atoms with Crippen molar-refractivity contribution in [3.63, 3.8) is 0 Å². The summed E-state index contributed by atoms with van der Waals surface area (Å²) in [6.45, 7) is 5.41. The number of carbonyl (C=O) groups excluding carboxylic acids is 2. The Morgan fingerprint density at radius 1 is 1.29 bits per heavy atom. The van der Waals surface area contributed by atoms with Crippen molar-refractivity contribution in [2.45, 2.75) is 26.8 Å². The lowest BCUT2D eigenvalue weighted by Crippen LogP contribution is -2.37. The summed E-state index contributed by atoms with van der Waals surface area (Å²) in [6.07, 6.45) is 1.86. The normalized spacial score (nSPS) is 17.3. The van der Waals surface area contributed by atoms with Gasteiger partial charge in [-0.2, -0.15) is 0 Å². The number of para-hydroxylation sites is 1. The predicted octanol–water partition coefficient (Wildman–Crippen LogP) is 2.99. The zero-order valence-corrected chi connectivity index (χ0v) is 14.1. The second-order valence-electron chi connectivity index (χ2n) is 6.12. The molecule has 2 amide bonds. The Morgan fingerprint density at radius 3 is 2.75 bits per heavy atom. The Morgan fingerprint density at radius 2 is 2.08 bits per heavy atom. The first kappa shape index (κ1) is 16.3. The van der Waals surface area contributed by atoms with Gasteiger partial charge in [-0.3, -0.25) is 9.59 Å². The number of carbonyl (C=O) groups is 2. The summed E-state index contributed by atoms with van der Waals surface area (Å²) in [5.41, 5.74) is 1.98. The molecule has 3 rings (SSSR count). The Kier molecular flexibility index (Phi) is 4.69. The average molecular weight is 326 g/mol. The topological polar surface area (TPSA) is 53.8 Å². The highest BCUT2D eigenvalue weighted by molar-refractivity contribution is 5.99. The van der Waals surface area contributed by atoms with Crippen LogP contribution in [0.3, 0.4) is 0 Å². The van der Waals surface area contributed by atoms with Crippen LogP contribution in [0.2, 0.25) is 0 Å². The molecule has 1 aliphatic rings. The highest BCUT2D eigenvalue weighted by atomic mass is 16.3. The van der Waals surface area contributed by atoms with Crippen LogP contribution < -0.4 is 4.90 Å². The first-order chi connectivity index (χ1) is 11.6. The summed E-state index contributed by atoms with van der Waals surface area (Å²) in [7, 11) is 0. The first-order valence-corrected chi connectivity index (χ1v) is 8.27. The van der Waals surface area contributed by atoms with Crippen molar-refractivity contribution >= 4 is 17.5 Å². The van der Waals surface area contributed by atoms with Crippen LogP contribution in [0.15, 0.2) is 47.1 Å². The van der Waals surface area contributed by atoms with Crippen LogP contribution >= 0.6 is 0 Å². The standard InChI is InChI=1S/C19H22N2O3/c1-3-21(17-9-5-4-7-14(17)2)19(23)15-11-18(22)20(12-15)13-16-8-6-10-24-16/h4-10,15H,3,11-13H2,1-2H3. The minimum absolute atomic E-state index is 0.00517. The van der Waals surface area contributed by atoms with Gasteiger partial charge in [0.05, 0.1) is 18.7 Å². The van der Waals surface area contributed by atoms with Gasteiger partial charge in [-0.1, -0.05) is 18.2 Å². The molecule has 5 nitrogen and oxygen atoms in total. The molecule has 0 saturated carbocycles. The van der Waals surface area contributed by atoms with E-state index < -0.39 is 0 Å². The molecule has 1 unspecified atom stereocenters. The second kappa shape index (κ2) is 6.91. The van der Waals surface area contributed by atoms with E-state index in [4.69, 9.17) is 4.42 Å². The molecule has 0 N–H and O–H groups in total. The molecule has 1 aliphatic heterocycles. The van der Waals surface area contributed by atoms with E-state index >= 15 is 0 Å². The SMILES string of the molecule is CCN(C(=O)C1CC(=O)N(Cc2ccco2)C1)c1ccccc1C. The van der Waals surface area contributed by atoms with Crippen LogP contribution in [0.5, 0.6) is 0 Å². The molecule has 24 heavy (non-hydrogen) atoms. The quantitative estimate of drug-likeness (QED) is 0.849. The third-order valence-electron chi connectivity index (χ3n) is 4.48. The summed E-state index contributed by atoms with van der Waals surface area (Å²) in [6, 6.07) is 11.5. The maximum atomic E-state index is 12.9. The van der Waals surface area contributed by atoms with Crippen LogP contribution in [0.4, 0.5) is 5.69 Å². The highest BCUT2D eigenvalue weighted by Crippen LogP contribution is 2.26. The van der Waals surface area contributed by atoms with E-state index in [1.807, 2.05) is 44.2 Å². The molecule has 0 spiro atoms. The molecule has 2 aromatic rings. The predicted molar refractivity (Wildman–Crippen MR) is 91.4 cm³/mol. The number of likely N-dealkylation sites (tertiary alicyclic amines) is 1. The largest absolute Gasteiger partial charge is 0.467 e. The number of amides is 2. The van der Waals surface area contributed by atoms with E-state index in [1.165, 1.54) is 0 Å². The van der Waals surface area contributed by atoms with Gasteiger partial charge in [-0.25, -0.2) is 0 Å². The minimum Gasteiger partial charge on any atom is -0.467 e. The van der Waals surface area contributed by atoms with Crippen molar-refractivity contribution in [2.24, 2.45) is 5.92 Å². The van der Waals surface area contributed by atoms with Crippen LogP contribution in [0.1, 0.15) is 24.7 Å². The molecule has 1 aromatic heterocycles. The summed E-state index contributed by atoms with van der Waals surface area (Å²) in [4.78, 5) is 28.7. The summed E-state index contributed by atoms with van der Waals surface area (Å²) in [5.74, 6) is 0.461. The van der Waals surface area contributed by atoms with Crippen molar-refractivity contribution < 1.29 is 14.0 Å². The summed E-state index contributed by atoms with van der Waals surface area (Å²) < 4.78 is 5.30. The molecule has 1 atom stereocenters. The van der Waals surface area contributed by atoms with Crippen LogP contribution in [0.25, 0.3) is 0 Å². The van der Waals surface area contributed by atoms with Crippen molar-refractivity contribution in [2.75, 3.05) is 18.0 Å². The smallest absolute Gasteiger partial charge is 0.232 e. The van der Waals surface area contributed by atoms with E-state index in [-0.39, 0.29) is 24.2 Å². The van der Waals surface area contributed by atoms with Gasteiger partial charge < -0.3 is 14.2 Å². The lowest BCUT2D eigenvalue weighted by atomic mass is 10.1. The lowest BCUT2D eigenvalue weighted by molar-refractivity contribution is -0.129. The zero-order chi connectivity index (χ0) is 17.1. The maximum absolute atomic E-state index is 12.9. The fourth-order valence-electron chi connectivity index (χ4n) is 3.21. The molecule has 1 aromatic carbocycles. The Hall–Kier alpha value is -2.56. The minimum atomic E-state index is -0.299. The van der Waals surface area contributed by atoms with Gasteiger partial charge in [0, 0.05) is 25.2 Å². The Labute approximate surface area is 141 Å². The molecular formula is C19H22N2O3. The molecule has 0 bridgehead atoms. The van der Waals surface area contributed by atoms with Crippen molar-refractivity contribution in [3.05, 3.63) is 54.0 Å². The van der Waals surface area contributed by atoms with Crippen LogP contribution in [-0.2, 0) is 16.1 Å². The molecule has 126 valence electrons. The maximum Gasteiger partial charge on any atom is 0.232 e. The zero-order valence-electron chi connectivity index (χ0n) is 14.1. The van der Waals surface area contributed by atoms with Crippen molar-refractivity contribution in [3.8, 4) is 0 Å². The van der Waals surface area contributed by atoms with Crippen molar-refractivity contribution in [1.29, 1.82) is 0 Å². The lowest BCUT2D eigenvalue weighted by Gasteiger charge is -2.25. The Balaban J connectivity index is 1.73. The highest BCUT2D eigenvalue weighted by Gasteiger charge is 2.37. The number of hydrogen-bond acceptors (Lipinski definition) is 3. The molecule has 1 saturated heterocycles. The number of benzene rings is 1. The third kappa shape index (κ3) is 3.20. The van der Waals surface area contributed by atoms with Gasteiger partial charge in [0.25, 0.3) is 0 Å². The Bertz CT molecular complexity index is 724. The van der Waals surface area contributed by atoms with E-state index in [0.29, 0.717) is 19.6 Å². The summed E-state index contributed by atoms with van der Waals surface area (Å²) in [5, 5.41) is 0. The molecule has 0 radical (unpaired) electrons. The molecule has 0 aliphatic carbocycles. The molecule has 2 heterocycles. The van der Waals surface area contributed by atoms with Gasteiger partial charge in [-0.05, 0) is 37.6 Å². The molecule has 1 fully saturated rings. The fourth-order valence-corrected chi connectivity index (χ4v) is 3.21. The third-order valence-corrected chi connectivity index (χ3v) is 4.48. The average Bonchev–Trinajstić information content (AvgIpc) is 3.20. The molecule has 5 heteroatoms. The number of aryl methyl sites for hydroxylation is 1. The fraction of sp³-hybridized carbons (Fsp3) is 0.368. The van der Waals surface area contributed by atoms with Gasteiger partial charge in [0.1, 0.15) is 5.76 Å². The van der Waals surface area contributed by atoms with Gasteiger partial charge >= 0.3 is 0 Å². The number of hydrogen-bond donors (Lipinski definition) is 0. The van der Waals surface area contributed by atoms with E-state index in [9.17, 15) is 9.59 Å². The summed E-state index contributed by atoms with van der Waals surface area (Å²) >= 11 is 0. The van der Waals surface area contributed by atoms with Gasteiger partial charge in [0.2, 0.25) is 11.8 Å². The van der Waals surface area contributed by atoms with Crippen molar-refractivity contribution in [1.82, 2.24) is 4.90 Å². The van der Waals surface area contributed by atoms with E-state index in [2.05, 4.69) is 0 Å².